The number of hydrogen-bond acceptors (Lipinski definition) is 2. The van der Waals surface area contributed by atoms with Crippen molar-refractivity contribution in [1.82, 2.24) is 5.32 Å². The number of aryl methyl sites for hydroxylation is 1. The molecule has 112 valence electrons. The van der Waals surface area contributed by atoms with E-state index in [1.54, 1.807) is 0 Å². The largest absolute Gasteiger partial charge is 0.396 e. The van der Waals surface area contributed by atoms with E-state index in [1.165, 1.54) is 43.2 Å². The van der Waals surface area contributed by atoms with Crippen LogP contribution in [-0.2, 0) is 6.42 Å². The predicted octanol–water partition coefficient (Wildman–Crippen LogP) is 3.70. The lowest BCUT2D eigenvalue weighted by Gasteiger charge is -2.21. The minimum absolute atomic E-state index is 0.354. The molecule has 1 aromatic carbocycles. The van der Waals surface area contributed by atoms with Gasteiger partial charge in [-0.1, -0.05) is 44.0 Å². The van der Waals surface area contributed by atoms with Crippen molar-refractivity contribution >= 4 is 0 Å². The third-order valence-corrected chi connectivity index (χ3v) is 4.76. The van der Waals surface area contributed by atoms with Crippen LogP contribution < -0.4 is 5.32 Å². The van der Waals surface area contributed by atoms with E-state index in [0.29, 0.717) is 24.5 Å². The predicted molar refractivity (Wildman–Crippen MR) is 84.8 cm³/mol. The Labute approximate surface area is 123 Å². The summed E-state index contributed by atoms with van der Waals surface area (Å²) in [6.45, 7) is 5.84. The van der Waals surface area contributed by atoms with Crippen molar-refractivity contribution in [2.24, 2.45) is 11.8 Å². The number of aliphatic hydroxyl groups is 1. The smallest absolute Gasteiger partial charge is 0.0462 e. The Balaban J connectivity index is 1.83. The Morgan fingerprint density at radius 3 is 2.55 bits per heavy atom. The second-order valence-electron chi connectivity index (χ2n) is 6.26. The number of benzene rings is 1. The third-order valence-electron chi connectivity index (χ3n) is 4.76. The van der Waals surface area contributed by atoms with E-state index in [2.05, 4.69) is 43.4 Å². The standard InChI is InChI=1S/C18H29NO/c1-3-5-15-8-10-16(11-9-15)14(2)19-12-17-6-4-7-18(17)13-20/h8-11,14,17-20H,3-7,12-13H2,1-2H3. The van der Waals surface area contributed by atoms with Crippen LogP contribution in [0.25, 0.3) is 0 Å². The average molecular weight is 275 g/mol. The fourth-order valence-electron chi connectivity index (χ4n) is 3.33. The van der Waals surface area contributed by atoms with Crippen LogP contribution in [0.5, 0.6) is 0 Å². The van der Waals surface area contributed by atoms with Gasteiger partial charge in [0.1, 0.15) is 0 Å². The van der Waals surface area contributed by atoms with E-state index in [0.717, 1.165) is 6.54 Å². The SMILES string of the molecule is CCCc1ccc(C(C)NCC2CCCC2CO)cc1. The number of hydrogen-bond donors (Lipinski definition) is 2. The van der Waals surface area contributed by atoms with Gasteiger partial charge in [0.05, 0.1) is 0 Å². The second kappa shape index (κ2) is 7.80. The van der Waals surface area contributed by atoms with Crippen LogP contribution in [0.15, 0.2) is 24.3 Å². The maximum Gasteiger partial charge on any atom is 0.0462 e. The van der Waals surface area contributed by atoms with Gasteiger partial charge in [0, 0.05) is 12.6 Å². The number of rotatable bonds is 7. The molecule has 2 rings (SSSR count). The van der Waals surface area contributed by atoms with Crippen LogP contribution in [0.2, 0.25) is 0 Å². The van der Waals surface area contributed by atoms with Crippen LogP contribution >= 0.6 is 0 Å². The lowest BCUT2D eigenvalue weighted by molar-refractivity contribution is 0.190. The van der Waals surface area contributed by atoms with Gasteiger partial charge in [-0.05, 0) is 55.7 Å². The first-order chi connectivity index (χ1) is 9.74. The van der Waals surface area contributed by atoms with Crippen LogP contribution in [0.3, 0.4) is 0 Å². The summed E-state index contributed by atoms with van der Waals surface area (Å²) < 4.78 is 0. The highest BCUT2D eigenvalue weighted by Gasteiger charge is 2.26. The molecule has 0 radical (unpaired) electrons. The molecule has 3 atom stereocenters. The van der Waals surface area contributed by atoms with E-state index in [9.17, 15) is 5.11 Å². The Morgan fingerprint density at radius 1 is 1.20 bits per heavy atom. The highest BCUT2D eigenvalue weighted by Crippen LogP contribution is 2.31. The Kier molecular flexibility index (Phi) is 6.06. The molecule has 0 saturated heterocycles. The second-order valence-corrected chi connectivity index (χ2v) is 6.26. The van der Waals surface area contributed by atoms with Crippen molar-refractivity contribution in [2.45, 2.75) is 52.0 Å². The Hall–Kier alpha value is -0.860. The molecule has 3 unspecified atom stereocenters. The Bertz CT molecular complexity index is 387. The monoisotopic (exact) mass is 275 g/mol. The summed E-state index contributed by atoms with van der Waals surface area (Å²) in [6, 6.07) is 9.40. The number of nitrogens with one attached hydrogen (secondary N) is 1. The van der Waals surface area contributed by atoms with Gasteiger partial charge in [0.25, 0.3) is 0 Å². The van der Waals surface area contributed by atoms with E-state index in [4.69, 9.17) is 0 Å². The van der Waals surface area contributed by atoms with Gasteiger partial charge in [0.15, 0.2) is 0 Å². The maximum absolute atomic E-state index is 9.37. The summed E-state index contributed by atoms with van der Waals surface area (Å²) in [7, 11) is 0. The van der Waals surface area contributed by atoms with Gasteiger partial charge in [-0.25, -0.2) is 0 Å². The van der Waals surface area contributed by atoms with Crippen molar-refractivity contribution < 1.29 is 5.11 Å². The zero-order chi connectivity index (χ0) is 14.4. The summed E-state index contributed by atoms with van der Waals surface area (Å²) in [6.07, 6.45) is 6.11. The fourth-order valence-corrected chi connectivity index (χ4v) is 3.33. The fraction of sp³-hybridized carbons (Fsp3) is 0.667. The summed E-state index contributed by atoms with van der Waals surface area (Å²) in [5, 5.41) is 13.0. The van der Waals surface area contributed by atoms with Crippen molar-refractivity contribution in [3.8, 4) is 0 Å². The molecule has 0 aliphatic heterocycles. The first kappa shape index (κ1) is 15.5. The summed E-state index contributed by atoms with van der Waals surface area (Å²) in [5.41, 5.74) is 2.79. The van der Waals surface area contributed by atoms with Gasteiger partial charge in [-0.3, -0.25) is 0 Å². The molecule has 2 nitrogen and oxygen atoms in total. The minimum Gasteiger partial charge on any atom is -0.396 e. The molecule has 1 aliphatic rings. The molecule has 20 heavy (non-hydrogen) atoms. The molecule has 1 aliphatic carbocycles. The van der Waals surface area contributed by atoms with Gasteiger partial charge < -0.3 is 10.4 Å². The van der Waals surface area contributed by atoms with Crippen molar-refractivity contribution in [3.63, 3.8) is 0 Å². The molecular formula is C18H29NO. The third kappa shape index (κ3) is 4.07. The Morgan fingerprint density at radius 2 is 1.90 bits per heavy atom. The van der Waals surface area contributed by atoms with Crippen molar-refractivity contribution in [1.29, 1.82) is 0 Å². The summed E-state index contributed by atoms with van der Waals surface area (Å²) in [4.78, 5) is 0. The first-order valence-corrected chi connectivity index (χ1v) is 8.17. The lowest BCUT2D eigenvalue weighted by atomic mass is 9.96. The quantitative estimate of drug-likeness (QED) is 0.795. The van der Waals surface area contributed by atoms with Crippen molar-refractivity contribution in [2.75, 3.05) is 13.2 Å². The zero-order valence-corrected chi connectivity index (χ0v) is 12.9. The first-order valence-electron chi connectivity index (χ1n) is 8.17. The lowest BCUT2D eigenvalue weighted by Crippen LogP contribution is -2.28. The van der Waals surface area contributed by atoms with E-state index in [1.807, 2.05) is 0 Å². The molecule has 1 fully saturated rings. The topological polar surface area (TPSA) is 32.3 Å². The van der Waals surface area contributed by atoms with Gasteiger partial charge in [-0.2, -0.15) is 0 Å². The molecule has 2 N–H and O–H groups in total. The minimum atomic E-state index is 0.354. The summed E-state index contributed by atoms with van der Waals surface area (Å²) in [5.74, 6) is 1.17. The van der Waals surface area contributed by atoms with Crippen LogP contribution in [-0.4, -0.2) is 18.3 Å². The molecular weight excluding hydrogens is 246 g/mol. The highest BCUT2D eigenvalue weighted by molar-refractivity contribution is 5.24. The molecule has 0 bridgehead atoms. The summed E-state index contributed by atoms with van der Waals surface area (Å²) >= 11 is 0. The molecule has 0 heterocycles. The molecule has 1 saturated carbocycles. The highest BCUT2D eigenvalue weighted by atomic mass is 16.3. The maximum atomic E-state index is 9.37. The average Bonchev–Trinajstić information content (AvgIpc) is 2.93. The van der Waals surface area contributed by atoms with Gasteiger partial charge in [0.2, 0.25) is 0 Å². The molecule has 2 heteroatoms. The normalized spacial score (nSPS) is 23.9. The van der Waals surface area contributed by atoms with Crippen LogP contribution in [0.4, 0.5) is 0 Å². The number of aliphatic hydroxyl groups excluding tert-OH is 1. The van der Waals surface area contributed by atoms with Crippen molar-refractivity contribution in [3.05, 3.63) is 35.4 Å². The van der Waals surface area contributed by atoms with E-state index >= 15 is 0 Å². The zero-order valence-electron chi connectivity index (χ0n) is 12.9. The molecule has 1 aromatic rings. The van der Waals surface area contributed by atoms with E-state index in [-0.39, 0.29) is 0 Å². The van der Waals surface area contributed by atoms with E-state index < -0.39 is 0 Å². The molecule has 0 spiro atoms. The van der Waals surface area contributed by atoms with Gasteiger partial charge >= 0.3 is 0 Å². The van der Waals surface area contributed by atoms with Gasteiger partial charge in [-0.15, -0.1) is 0 Å². The van der Waals surface area contributed by atoms with Crippen LogP contribution in [0, 0.1) is 11.8 Å². The van der Waals surface area contributed by atoms with Crippen LogP contribution in [0.1, 0.15) is 56.7 Å². The molecule has 0 aromatic heterocycles. The molecule has 0 amide bonds.